The Bertz CT molecular complexity index is 189. The molecule has 0 aromatic heterocycles. The van der Waals surface area contributed by atoms with Gasteiger partial charge in [0.15, 0.2) is 5.96 Å². The number of guanidine groups is 1. The van der Waals surface area contributed by atoms with Gasteiger partial charge in [0.25, 0.3) is 0 Å². The van der Waals surface area contributed by atoms with Crippen LogP contribution in [-0.2, 0) is 9.53 Å². The van der Waals surface area contributed by atoms with E-state index in [1.807, 2.05) is 0 Å². The Balaban J connectivity index is 3.53. The van der Waals surface area contributed by atoms with Crippen LogP contribution in [0.4, 0.5) is 0 Å². The molecule has 0 saturated carbocycles. The number of aliphatic imine (C=N–C) groups is 1. The molecule has 0 aromatic carbocycles. The minimum Gasteiger partial charge on any atom is -0.468 e. The third-order valence-electron chi connectivity index (χ3n) is 1.47. The molecule has 0 saturated heterocycles. The van der Waals surface area contributed by atoms with E-state index in [4.69, 9.17) is 17.2 Å². The van der Waals surface area contributed by atoms with Crippen molar-refractivity contribution in [3.05, 3.63) is 0 Å². The van der Waals surface area contributed by atoms with Crippen molar-refractivity contribution in [2.75, 3.05) is 13.7 Å². The van der Waals surface area contributed by atoms with Gasteiger partial charge >= 0.3 is 5.97 Å². The van der Waals surface area contributed by atoms with Crippen molar-refractivity contribution >= 4 is 11.9 Å². The zero-order valence-corrected chi connectivity index (χ0v) is 7.69. The average Bonchev–Trinajstić information content (AvgIpc) is 2.10. The molecule has 0 spiro atoms. The molecule has 0 aliphatic heterocycles. The summed E-state index contributed by atoms with van der Waals surface area (Å²) in [6, 6.07) is -0.584. The predicted octanol–water partition coefficient (Wildman–Crippen LogP) is -1.46. The maximum absolute atomic E-state index is 10.8. The lowest BCUT2D eigenvalue weighted by molar-refractivity contribution is -0.142. The number of methoxy groups -OCH3 is 1. The number of nitrogens with two attached hydrogens (primary N) is 3. The largest absolute Gasteiger partial charge is 0.468 e. The Hall–Kier alpha value is -1.30. The highest BCUT2D eigenvalue weighted by molar-refractivity contribution is 5.76. The first-order valence-corrected chi connectivity index (χ1v) is 3.96. The Kier molecular flexibility index (Phi) is 5.62. The second-order valence-corrected chi connectivity index (χ2v) is 2.58. The summed E-state index contributed by atoms with van der Waals surface area (Å²) in [4.78, 5) is 14.6. The van der Waals surface area contributed by atoms with Gasteiger partial charge in [0, 0.05) is 6.54 Å². The number of carbonyl (C=O) groups excluding carboxylic acids is 1. The van der Waals surface area contributed by atoms with E-state index < -0.39 is 12.0 Å². The fraction of sp³-hybridized carbons (Fsp3) is 0.714. The van der Waals surface area contributed by atoms with E-state index in [-0.39, 0.29) is 5.96 Å². The quantitative estimate of drug-likeness (QED) is 0.211. The first-order valence-electron chi connectivity index (χ1n) is 3.96. The Morgan fingerprint density at radius 2 is 2.15 bits per heavy atom. The summed E-state index contributed by atoms with van der Waals surface area (Å²) < 4.78 is 4.44. The van der Waals surface area contributed by atoms with Crippen LogP contribution in [0.3, 0.4) is 0 Å². The van der Waals surface area contributed by atoms with Crippen molar-refractivity contribution in [1.29, 1.82) is 0 Å². The van der Waals surface area contributed by atoms with Crippen molar-refractivity contribution in [3.63, 3.8) is 0 Å². The van der Waals surface area contributed by atoms with Crippen LogP contribution >= 0.6 is 0 Å². The average molecular weight is 188 g/mol. The normalized spacial score (nSPS) is 11.8. The van der Waals surface area contributed by atoms with Crippen LogP contribution in [0.15, 0.2) is 4.99 Å². The number of carbonyl (C=O) groups is 1. The summed E-state index contributed by atoms with van der Waals surface area (Å²) in [6.07, 6.45) is 1.18. The van der Waals surface area contributed by atoms with Crippen molar-refractivity contribution < 1.29 is 9.53 Å². The maximum Gasteiger partial charge on any atom is 0.322 e. The van der Waals surface area contributed by atoms with Gasteiger partial charge in [0.05, 0.1) is 7.11 Å². The summed E-state index contributed by atoms with van der Waals surface area (Å²) in [5.74, 6) is -0.365. The van der Waals surface area contributed by atoms with Crippen molar-refractivity contribution in [2.24, 2.45) is 22.2 Å². The van der Waals surface area contributed by atoms with Gasteiger partial charge in [0.1, 0.15) is 6.04 Å². The van der Waals surface area contributed by atoms with Crippen molar-refractivity contribution in [3.8, 4) is 0 Å². The van der Waals surface area contributed by atoms with Gasteiger partial charge in [-0.2, -0.15) is 0 Å². The molecule has 0 aliphatic rings. The minimum absolute atomic E-state index is 0.0478. The smallest absolute Gasteiger partial charge is 0.322 e. The van der Waals surface area contributed by atoms with Crippen LogP contribution in [0.1, 0.15) is 12.8 Å². The molecule has 0 aromatic rings. The molecule has 0 bridgehead atoms. The van der Waals surface area contributed by atoms with E-state index in [1.54, 1.807) is 0 Å². The predicted molar refractivity (Wildman–Crippen MR) is 49.9 cm³/mol. The van der Waals surface area contributed by atoms with Gasteiger partial charge < -0.3 is 21.9 Å². The van der Waals surface area contributed by atoms with Gasteiger partial charge in [-0.3, -0.25) is 9.79 Å². The second-order valence-electron chi connectivity index (χ2n) is 2.58. The van der Waals surface area contributed by atoms with E-state index in [9.17, 15) is 4.79 Å². The molecule has 1 unspecified atom stereocenters. The monoisotopic (exact) mass is 188 g/mol. The van der Waals surface area contributed by atoms with Crippen LogP contribution in [0, 0.1) is 0 Å². The molecule has 0 aliphatic carbocycles. The summed E-state index contributed by atoms with van der Waals surface area (Å²) >= 11 is 0. The molecule has 1 atom stereocenters. The Morgan fingerprint density at radius 3 is 2.62 bits per heavy atom. The van der Waals surface area contributed by atoms with Crippen LogP contribution < -0.4 is 17.2 Å². The minimum atomic E-state index is -0.584. The van der Waals surface area contributed by atoms with Crippen molar-refractivity contribution in [1.82, 2.24) is 0 Å². The zero-order chi connectivity index (χ0) is 10.3. The number of hydrogen-bond donors (Lipinski definition) is 3. The van der Waals surface area contributed by atoms with Crippen LogP contribution in [0.5, 0.6) is 0 Å². The molecule has 0 amide bonds. The molecule has 0 rings (SSSR count). The van der Waals surface area contributed by atoms with Gasteiger partial charge in [0.2, 0.25) is 0 Å². The summed E-state index contributed by atoms with van der Waals surface area (Å²) in [5, 5.41) is 0. The van der Waals surface area contributed by atoms with E-state index >= 15 is 0 Å². The number of nitrogens with zero attached hydrogens (tertiary/aromatic N) is 1. The molecular formula is C7H16N4O2. The summed E-state index contributed by atoms with van der Waals surface area (Å²) in [6.45, 7) is 0.479. The van der Waals surface area contributed by atoms with Gasteiger partial charge in [-0.05, 0) is 12.8 Å². The first kappa shape index (κ1) is 11.7. The maximum atomic E-state index is 10.8. The molecule has 6 N–H and O–H groups in total. The van der Waals surface area contributed by atoms with E-state index in [2.05, 4.69) is 9.73 Å². The zero-order valence-electron chi connectivity index (χ0n) is 7.69. The second kappa shape index (κ2) is 6.24. The highest BCUT2D eigenvalue weighted by atomic mass is 16.5. The highest BCUT2D eigenvalue weighted by Gasteiger charge is 2.11. The molecule has 6 heteroatoms. The summed E-state index contributed by atoms with van der Waals surface area (Å²) in [5.41, 5.74) is 15.7. The number of ether oxygens (including phenoxy) is 1. The van der Waals surface area contributed by atoms with E-state index in [1.165, 1.54) is 7.11 Å². The van der Waals surface area contributed by atoms with Crippen LogP contribution in [-0.4, -0.2) is 31.6 Å². The SMILES string of the molecule is COC(=O)C(N)CCCN=C(N)N. The number of esters is 1. The van der Waals surface area contributed by atoms with E-state index in [0.29, 0.717) is 19.4 Å². The lowest BCUT2D eigenvalue weighted by atomic mass is 10.2. The topological polar surface area (TPSA) is 117 Å². The van der Waals surface area contributed by atoms with Gasteiger partial charge in [-0.25, -0.2) is 0 Å². The highest BCUT2D eigenvalue weighted by Crippen LogP contribution is 1.96. The molecule has 0 radical (unpaired) electrons. The molecule has 13 heavy (non-hydrogen) atoms. The molecule has 76 valence electrons. The first-order chi connectivity index (χ1) is 6.07. The Morgan fingerprint density at radius 1 is 1.54 bits per heavy atom. The number of hydrogen-bond acceptors (Lipinski definition) is 4. The number of rotatable bonds is 5. The van der Waals surface area contributed by atoms with Crippen LogP contribution in [0.2, 0.25) is 0 Å². The molecule has 0 fully saturated rings. The third kappa shape index (κ3) is 5.92. The van der Waals surface area contributed by atoms with Gasteiger partial charge in [-0.15, -0.1) is 0 Å². The molecule has 0 heterocycles. The van der Waals surface area contributed by atoms with E-state index in [0.717, 1.165) is 0 Å². The molecular weight excluding hydrogens is 172 g/mol. The molecule has 6 nitrogen and oxygen atoms in total. The fourth-order valence-corrected chi connectivity index (χ4v) is 0.789. The van der Waals surface area contributed by atoms with Crippen LogP contribution in [0.25, 0.3) is 0 Å². The Labute approximate surface area is 77.1 Å². The summed E-state index contributed by atoms with van der Waals surface area (Å²) in [7, 11) is 1.30. The van der Waals surface area contributed by atoms with Crippen molar-refractivity contribution in [2.45, 2.75) is 18.9 Å². The lowest BCUT2D eigenvalue weighted by Crippen LogP contribution is -2.31. The lowest BCUT2D eigenvalue weighted by Gasteiger charge is -2.07. The fourth-order valence-electron chi connectivity index (χ4n) is 0.789. The standard InChI is InChI=1S/C7H16N4O2/c1-13-6(12)5(8)3-2-4-11-7(9)10/h5H,2-4,8H2,1H3,(H4,9,10,11). The third-order valence-corrected chi connectivity index (χ3v) is 1.47. The van der Waals surface area contributed by atoms with Gasteiger partial charge in [-0.1, -0.05) is 0 Å².